The quantitative estimate of drug-likeness (QED) is 0.869. The van der Waals surface area contributed by atoms with Crippen LogP contribution in [0, 0.1) is 0 Å². The van der Waals surface area contributed by atoms with Crippen LogP contribution in [0.2, 0.25) is 0 Å². The van der Waals surface area contributed by atoms with Crippen LogP contribution in [-0.4, -0.2) is 30.4 Å². The molecule has 1 aliphatic heterocycles. The van der Waals surface area contributed by atoms with Crippen molar-refractivity contribution in [3.63, 3.8) is 0 Å². The van der Waals surface area contributed by atoms with Gasteiger partial charge >= 0.3 is 0 Å². The predicted octanol–water partition coefficient (Wildman–Crippen LogP) is 1.94. The maximum absolute atomic E-state index is 11.9. The van der Waals surface area contributed by atoms with Crippen LogP contribution < -0.4 is 5.32 Å². The zero-order valence-corrected chi connectivity index (χ0v) is 10.3. The number of nitrogens with zero attached hydrogens (tertiary/aromatic N) is 1. The summed E-state index contributed by atoms with van der Waals surface area (Å²) in [4.78, 5) is 13.9. The van der Waals surface area contributed by atoms with Gasteiger partial charge in [0.1, 0.15) is 5.76 Å². The molecule has 0 saturated carbocycles. The molecule has 0 aliphatic carbocycles. The normalized spacial score (nSPS) is 18.1. The van der Waals surface area contributed by atoms with Gasteiger partial charge in [0, 0.05) is 13.1 Å². The topological polar surface area (TPSA) is 45.5 Å². The molecule has 1 saturated heterocycles. The Morgan fingerprint density at radius 3 is 2.88 bits per heavy atom. The molecule has 1 fully saturated rings. The summed E-state index contributed by atoms with van der Waals surface area (Å²) in [5, 5.41) is 3.20. The highest BCUT2D eigenvalue weighted by molar-refractivity contribution is 5.78. The van der Waals surface area contributed by atoms with Crippen LogP contribution >= 0.6 is 0 Å². The molecule has 0 bridgehead atoms. The van der Waals surface area contributed by atoms with E-state index in [1.165, 1.54) is 6.42 Å². The van der Waals surface area contributed by atoms with Crippen LogP contribution in [0.4, 0.5) is 0 Å². The summed E-state index contributed by atoms with van der Waals surface area (Å²) in [6.45, 7) is 4.22. The molecule has 1 aromatic heterocycles. The summed E-state index contributed by atoms with van der Waals surface area (Å²) in [5.41, 5.74) is 0. The number of hydrogen-bond acceptors (Lipinski definition) is 3. The van der Waals surface area contributed by atoms with Gasteiger partial charge in [-0.05, 0) is 38.3 Å². The lowest BCUT2D eigenvalue weighted by atomic mass is 10.1. The first-order valence-corrected chi connectivity index (χ1v) is 6.32. The molecule has 0 spiro atoms. The molecule has 17 heavy (non-hydrogen) atoms. The van der Waals surface area contributed by atoms with Crippen LogP contribution in [-0.2, 0) is 4.79 Å². The SMILES string of the molecule is CC(NCC(=O)N1CCCCC1)c1ccco1. The zero-order chi connectivity index (χ0) is 12.1. The summed E-state index contributed by atoms with van der Waals surface area (Å²) >= 11 is 0. The molecule has 1 atom stereocenters. The first-order chi connectivity index (χ1) is 8.27. The average Bonchev–Trinajstić information content (AvgIpc) is 2.90. The molecule has 0 aromatic carbocycles. The minimum atomic E-state index is 0.0822. The minimum absolute atomic E-state index is 0.0822. The van der Waals surface area contributed by atoms with Gasteiger partial charge in [0.05, 0.1) is 18.8 Å². The number of furan rings is 1. The standard InChI is InChI=1S/C13H20N2O2/c1-11(12-6-5-9-17-12)14-10-13(16)15-7-3-2-4-8-15/h5-6,9,11,14H,2-4,7-8,10H2,1H3. The highest BCUT2D eigenvalue weighted by Crippen LogP contribution is 2.12. The fourth-order valence-corrected chi connectivity index (χ4v) is 2.13. The third-order valence-electron chi connectivity index (χ3n) is 3.24. The molecule has 4 heteroatoms. The molecule has 2 rings (SSSR count). The van der Waals surface area contributed by atoms with E-state index in [1.54, 1.807) is 6.26 Å². The third-order valence-corrected chi connectivity index (χ3v) is 3.24. The van der Waals surface area contributed by atoms with E-state index in [4.69, 9.17) is 4.42 Å². The van der Waals surface area contributed by atoms with E-state index in [0.717, 1.165) is 31.7 Å². The Morgan fingerprint density at radius 2 is 2.24 bits per heavy atom. The summed E-state index contributed by atoms with van der Waals surface area (Å²) in [5.74, 6) is 1.07. The molecule has 94 valence electrons. The van der Waals surface area contributed by atoms with Crippen molar-refractivity contribution in [1.82, 2.24) is 10.2 Å². The second kappa shape index (κ2) is 5.87. The smallest absolute Gasteiger partial charge is 0.236 e. The number of nitrogens with one attached hydrogen (secondary N) is 1. The Kier molecular flexibility index (Phi) is 4.20. The van der Waals surface area contributed by atoms with Gasteiger partial charge in [0.25, 0.3) is 0 Å². The highest BCUT2D eigenvalue weighted by atomic mass is 16.3. The molecule has 1 aliphatic rings. The number of piperidine rings is 1. The Bertz CT molecular complexity index is 342. The van der Waals surface area contributed by atoms with E-state index in [-0.39, 0.29) is 11.9 Å². The van der Waals surface area contributed by atoms with Gasteiger partial charge in [-0.3, -0.25) is 10.1 Å². The second-order valence-electron chi connectivity index (χ2n) is 4.56. The molecule has 0 radical (unpaired) electrons. The van der Waals surface area contributed by atoms with Crippen molar-refractivity contribution in [2.45, 2.75) is 32.2 Å². The van der Waals surface area contributed by atoms with Crippen molar-refractivity contribution in [2.24, 2.45) is 0 Å². The van der Waals surface area contributed by atoms with E-state index < -0.39 is 0 Å². The zero-order valence-electron chi connectivity index (χ0n) is 10.3. The summed E-state index contributed by atoms with van der Waals surface area (Å²) in [6, 6.07) is 3.86. The number of carbonyl (C=O) groups is 1. The monoisotopic (exact) mass is 236 g/mol. The van der Waals surface area contributed by atoms with Crippen molar-refractivity contribution in [2.75, 3.05) is 19.6 Å². The lowest BCUT2D eigenvalue weighted by molar-refractivity contribution is -0.131. The summed E-state index contributed by atoms with van der Waals surface area (Å²) < 4.78 is 5.29. The fraction of sp³-hybridized carbons (Fsp3) is 0.615. The van der Waals surface area contributed by atoms with Crippen molar-refractivity contribution in [1.29, 1.82) is 0 Å². The maximum atomic E-state index is 11.9. The van der Waals surface area contributed by atoms with E-state index in [9.17, 15) is 4.79 Å². The minimum Gasteiger partial charge on any atom is -0.468 e. The molecule has 4 nitrogen and oxygen atoms in total. The van der Waals surface area contributed by atoms with E-state index in [2.05, 4.69) is 5.32 Å². The van der Waals surface area contributed by atoms with E-state index in [1.807, 2.05) is 24.0 Å². The fourth-order valence-electron chi connectivity index (χ4n) is 2.13. The van der Waals surface area contributed by atoms with E-state index >= 15 is 0 Å². The Balaban J connectivity index is 1.75. The van der Waals surface area contributed by atoms with Gasteiger partial charge in [-0.2, -0.15) is 0 Å². The first-order valence-electron chi connectivity index (χ1n) is 6.32. The lowest BCUT2D eigenvalue weighted by Gasteiger charge is -2.27. The van der Waals surface area contributed by atoms with Crippen molar-refractivity contribution >= 4 is 5.91 Å². The lowest BCUT2D eigenvalue weighted by Crippen LogP contribution is -2.41. The molecule has 1 unspecified atom stereocenters. The molecule has 1 aromatic rings. The maximum Gasteiger partial charge on any atom is 0.236 e. The largest absolute Gasteiger partial charge is 0.468 e. The summed E-state index contributed by atoms with van der Waals surface area (Å²) in [6.07, 6.45) is 5.18. The van der Waals surface area contributed by atoms with Crippen LogP contribution in [0.3, 0.4) is 0 Å². The molecule has 1 amide bonds. The van der Waals surface area contributed by atoms with Crippen molar-refractivity contribution < 1.29 is 9.21 Å². The number of amides is 1. The Hall–Kier alpha value is -1.29. The van der Waals surface area contributed by atoms with Gasteiger partial charge < -0.3 is 9.32 Å². The number of likely N-dealkylation sites (tertiary alicyclic amines) is 1. The van der Waals surface area contributed by atoms with Crippen molar-refractivity contribution in [3.8, 4) is 0 Å². The summed E-state index contributed by atoms with van der Waals surface area (Å²) in [7, 11) is 0. The number of carbonyl (C=O) groups excluding carboxylic acids is 1. The molecular formula is C13H20N2O2. The highest BCUT2D eigenvalue weighted by Gasteiger charge is 2.17. The number of hydrogen-bond donors (Lipinski definition) is 1. The van der Waals surface area contributed by atoms with Gasteiger partial charge in [0.15, 0.2) is 0 Å². The van der Waals surface area contributed by atoms with Gasteiger partial charge in [-0.25, -0.2) is 0 Å². The molecular weight excluding hydrogens is 216 g/mol. The molecule has 2 heterocycles. The van der Waals surface area contributed by atoms with Crippen LogP contribution in [0.25, 0.3) is 0 Å². The average molecular weight is 236 g/mol. The van der Waals surface area contributed by atoms with Crippen LogP contribution in [0.1, 0.15) is 38.0 Å². The van der Waals surface area contributed by atoms with Crippen LogP contribution in [0.5, 0.6) is 0 Å². The van der Waals surface area contributed by atoms with E-state index in [0.29, 0.717) is 6.54 Å². The molecule has 1 N–H and O–H groups in total. The van der Waals surface area contributed by atoms with Crippen LogP contribution in [0.15, 0.2) is 22.8 Å². The van der Waals surface area contributed by atoms with Gasteiger partial charge in [-0.15, -0.1) is 0 Å². The Labute approximate surface area is 102 Å². The first kappa shape index (κ1) is 12.2. The van der Waals surface area contributed by atoms with Gasteiger partial charge in [0.2, 0.25) is 5.91 Å². The number of rotatable bonds is 4. The second-order valence-corrected chi connectivity index (χ2v) is 4.56. The third kappa shape index (κ3) is 3.33. The van der Waals surface area contributed by atoms with Crippen molar-refractivity contribution in [3.05, 3.63) is 24.2 Å². The predicted molar refractivity (Wildman–Crippen MR) is 65.6 cm³/mol. The van der Waals surface area contributed by atoms with Gasteiger partial charge in [-0.1, -0.05) is 0 Å². The Morgan fingerprint density at radius 1 is 1.47 bits per heavy atom.